The number of fused-ring (bicyclic) bond motifs is 3. The molecule has 1 aromatic heterocycles. The highest BCUT2D eigenvalue weighted by Crippen LogP contribution is 2.43. The molecule has 0 radical (unpaired) electrons. The van der Waals surface area contributed by atoms with E-state index in [-0.39, 0.29) is 0 Å². The largest absolute Gasteiger partial charge is 0.306 e. The van der Waals surface area contributed by atoms with Crippen molar-refractivity contribution in [1.82, 2.24) is 14.7 Å². The zero-order chi connectivity index (χ0) is 19.1. The molecule has 2 unspecified atom stereocenters. The summed E-state index contributed by atoms with van der Waals surface area (Å²) in [5, 5.41) is 5.26. The summed E-state index contributed by atoms with van der Waals surface area (Å²) in [6, 6.07) is 8.95. The fourth-order valence-electron chi connectivity index (χ4n) is 5.93. The summed E-state index contributed by atoms with van der Waals surface area (Å²) in [5.74, 6) is 2.43. The molecule has 1 saturated carbocycles. The van der Waals surface area contributed by atoms with Crippen LogP contribution in [0.2, 0.25) is 0 Å². The van der Waals surface area contributed by atoms with Gasteiger partial charge in [0.2, 0.25) is 0 Å². The number of rotatable bonds is 4. The first-order chi connectivity index (χ1) is 13.7. The van der Waals surface area contributed by atoms with Gasteiger partial charge in [-0.2, -0.15) is 5.10 Å². The van der Waals surface area contributed by atoms with E-state index in [2.05, 4.69) is 63.5 Å². The second kappa shape index (κ2) is 8.10. The van der Waals surface area contributed by atoms with Crippen molar-refractivity contribution in [3.63, 3.8) is 0 Å². The van der Waals surface area contributed by atoms with Crippen LogP contribution in [-0.2, 0) is 12.8 Å². The topological polar surface area (TPSA) is 21.1 Å². The number of benzene rings is 1. The van der Waals surface area contributed by atoms with Crippen molar-refractivity contribution in [3.8, 4) is 5.69 Å². The smallest absolute Gasteiger partial charge is 0.0664 e. The monoisotopic (exact) mass is 489 g/mol. The molecule has 3 nitrogen and oxygen atoms in total. The number of piperidine rings is 1. The number of halogens is 1. The van der Waals surface area contributed by atoms with Crippen molar-refractivity contribution >= 4 is 22.6 Å². The minimum atomic E-state index is 0.648. The van der Waals surface area contributed by atoms with E-state index in [1.54, 1.807) is 11.3 Å². The molecule has 28 heavy (non-hydrogen) atoms. The third kappa shape index (κ3) is 3.67. The first kappa shape index (κ1) is 19.1. The molecule has 0 bridgehead atoms. The molecule has 0 N–H and O–H groups in total. The molecule has 2 fully saturated rings. The Morgan fingerprint density at radius 1 is 1.07 bits per heavy atom. The molecule has 2 heterocycles. The van der Waals surface area contributed by atoms with Crippen LogP contribution in [0.5, 0.6) is 0 Å². The molecule has 2 atom stereocenters. The predicted octanol–water partition coefficient (Wildman–Crippen LogP) is 5.58. The van der Waals surface area contributed by atoms with E-state index in [1.807, 2.05) is 0 Å². The maximum Gasteiger partial charge on any atom is 0.0664 e. The van der Waals surface area contributed by atoms with Crippen LogP contribution < -0.4 is 0 Å². The Morgan fingerprint density at radius 2 is 1.86 bits per heavy atom. The van der Waals surface area contributed by atoms with Gasteiger partial charge in [-0.1, -0.05) is 25.7 Å². The van der Waals surface area contributed by atoms with Gasteiger partial charge < -0.3 is 4.90 Å². The lowest BCUT2D eigenvalue weighted by Gasteiger charge is -2.40. The third-order valence-electron chi connectivity index (χ3n) is 7.52. The zero-order valence-corrected chi connectivity index (χ0v) is 19.2. The summed E-state index contributed by atoms with van der Waals surface area (Å²) in [5.41, 5.74) is 5.81. The highest BCUT2D eigenvalue weighted by Gasteiger charge is 2.38. The quantitative estimate of drug-likeness (QED) is 0.523. The maximum absolute atomic E-state index is 5.26. The number of hydrogen-bond donors (Lipinski definition) is 0. The maximum atomic E-state index is 5.26. The molecule has 3 aliphatic rings. The van der Waals surface area contributed by atoms with Gasteiger partial charge in [-0.15, -0.1) is 0 Å². The SMILES string of the molecule is CN1CCC2CCc3c(CCC4CCCC4)nn(-c4ccc(I)cc4)c3C2C1. The fourth-order valence-corrected chi connectivity index (χ4v) is 6.29. The van der Waals surface area contributed by atoms with Crippen LogP contribution in [-0.4, -0.2) is 34.8 Å². The standard InChI is InChI=1S/C24H32IN3/c1-27-15-14-18-7-12-21-23(13-6-17-4-2-3-5-17)26-28(24(21)22(18)16-27)20-10-8-19(25)9-11-20/h8-11,17-18,22H,2-7,12-16H2,1H3. The van der Waals surface area contributed by atoms with Crippen LogP contribution in [0.15, 0.2) is 24.3 Å². The van der Waals surface area contributed by atoms with Gasteiger partial charge in [0.1, 0.15) is 0 Å². The third-order valence-corrected chi connectivity index (χ3v) is 8.24. The van der Waals surface area contributed by atoms with Gasteiger partial charge in [0.25, 0.3) is 0 Å². The normalized spacial score (nSPS) is 25.6. The summed E-state index contributed by atoms with van der Waals surface area (Å²) in [6.45, 7) is 2.44. The van der Waals surface area contributed by atoms with Crippen LogP contribution in [0, 0.1) is 15.4 Å². The number of hydrogen-bond acceptors (Lipinski definition) is 2. The number of likely N-dealkylation sites (N-methyl/N-ethyl adjacent to an activating group) is 1. The lowest BCUT2D eigenvalue weighted by molar-refractivity contribution is 0.170. The van der Waals surface area contributed by atoms with Gasteiger partial charge >= 0.3 is 0 Å². The van der Waals surface area contributed by atoms with Crippen LogP contribution in [0.1, 0.15) is 67.8 Å². The predicted molar refractivity (Wildman–Crippen MR) is 123 cm³/mol. The van der Waals surface area contributed by atoms with Crippen molar-refractivity contribution in [3.05, 3.63) is 44.8 Å². The summed E-state index contributed by atoms with van der Waals surface area (Å²) in [6.07, 6.45) is 12.2. The molecule has 0 amide bonds. The Labute approximate surface area is 183 Å². The van der Waals surface area contributed by atoms with E-state index >= 15 is 0 Å². The van der Waals surface area contributed by atoms with Crippen molar-refractivity contribution < 1.29 is 0 Å². The van der Waals surface area contributed by atoms with E-state index in [9.17, 15) is 0 Å². The van der Waals surface area contributed by atoms with Crippen molar-refractivity contribution in [2.24, 2.45) is 11.8 Å². The van der Waals surface area contributed by atoms with Crippen molar-refractivity contribution in [1.29, 1.82) is 0 Å². The highest BCUT2D eigenvalue weighted by atomic mass is 127. The van der Waals surface area contributed by atoms with Crippen LogP contribution in [0.25, 0.3) is 5.69 Å². The van der Waals surface area contributed by atoms with Crippen molar-refractivity contribution in [2.75, 3.05) is 20.1 Å². The summed E-state index contributed by atoms with van der Waals surface area (Å²) < 4.78 is 3.63. The van der Waals surface area contributed by atoms with E-state index in [4.69, 9.17) is 5.10 Å². The molecule has 0 spiro atoms. The van der Waals surface area contributed by atoms with Gasteiger partial charge in [-0.25, -0.2) is 4.68 Å². The minimum absolute atomic E-state index is 0.648. The van der Waals surface area contributed by atoms with E-state index in [1.165, 1.54) is 85.8 Å². The number of likely N-dealkylation sites (tertiary alicyclic amines) is 1. The molecular formula is C24H32IN3. The average molecular weight is 489 g/mol. The molecule has 4 heteroatoms. The first-order valence-corrected chi connectivity index (χ1v) is 12.3. The fraction of sp³-hybridized carbons (Fsp3) is 0.625. The second-order valence-electron chi connectivity index (χ2n) is 9.34. The van der Waals surface area contributed by atoms with E-state index in [0.717, 1.165) is 11.8 Å². The van der Waals surface area contributed by atoms with Crippen molar-refractivity contribution in [2.45, 2.75) is 63.7 Å². The molecule has 1 saturated heterocycles. The van der Waals surface area contributed by atoms with E-state index in [0.29, 0.717) is 5.92 Å². The molecule has 5 rings (SSSR count). The summed E-state index contributed by atoms with van der Waals surface area (Å²) in [7, 11) is 2.29. The van der Waals surface area contributed by atoms with E-state index < -0.39 is 0 Å². The Kier molecular flexibility index (Phi) is 5.52. The van der Waals surface area contributed by atoms with Crippen LogP contribution >= 0.6 is 22.6 Å². The Hall–Kier alpha value is -0.880. The molecular weight excluding hydrogens is 457 g/mol. The van der Waals surface area contributed by atoms with Gasteiger partial charge in [0, 0.05) is 16.0 Å². The van der Waals surface area contributed by atoms with Crippen LogP contribution in [0.4, 0.5) is 0 Å². The molecule has 1 aliphatic heterocycles. The second-order valence-corrected chi connectivity index (χ2v) is 10.6. The number of aromatic nitrogens is 2. The van der Waals surface area contributed by atoms with Gasteiger partial charge in [-0.05, 0) is 110 Å². The first-order valence-electron chi connectivity index (χ1n) is 11.2. The number of nitrogens with zero attached hydrogens (tertiary/aromatic N) is 3. The molecule has 1 aromatic carbocycles. The highest BCUT2D eigenvalue weighted by molar-refractivity contribution is 14.1. The number of aryl methyl sites for hydroxylation is 1. The molecule has 150 valence electrons. The van der Waals surface area contributed by atoms with Gasteiger partial charge in [0.15, 0.2) is 0 Å². The Morgan fingerprint density at radius 3 is 2.64 bits per heavy atom. The molecule has 2 aliphatic carbocycles. The summed E-state index contributed by atoms with van der Waals surface area (Å²) in [4.78, 5) is 2.53. The summed E-state index contributed by atoms with van der Waals surface area (Å²) >= 11 is 2.40. The zero-order valence-electron chi connectivity index (χ0n) is 17.0. The Balaban J connectivity index is 1.52. The van der Waals surface area contributed by atoms with Gasteiger partial charge in [-0.3, -0.25) is 0 Å². The van der Waals surface area contributed by atoms with Gasteiger partial charge in [0.05, 0.1) is 17.1 Å². The molecule has 2 aromatic rings. The van der Waals surface area contributed by atoms with Crippen LogP contribution in [0.3, 0.4) is 0 Å². The minimum Gasteiger partial charge on any atom is -0.306 e. The average Bonchev–Trinajstić information content (AvgIpc) is 3.35. The lowest BCUT2D eigenvalue weighted by atomic mass is 9.73. The lowest BCUT2D eigenvalue weighted by Crippen LogP contribution is -2.39. The Bertz CT molecular complexity index is 819.